The fourth-order valence-electron chi connectivity index (χ4n) is 1.14. The average molecular weight is 296 g/mol. The zero-order chi connectivity index (χ0) is 11.4. The first-order valence-electron chi connectivity index (χ1n) is 4.73. The van der Waals surface area contributed by atoms with Crippen molar-refractivity contribution in [3.8, 4) is 0 Å². The van der Waals surface area contributed by atoms with Gasteiger partial charge >= 0.3 is 0 Å². The normalized spacial score (nSPS) is 10.1. The van der Waals surface area contributed by atoms with Crippen LogP contribution in [0, 0.1) is 0 Å². The molecule has 0 amide bonds. The summed E-state index contributed by atoms with van der Waals surface area (Å²) in [5, 5.41) is 3.83. The standard InChI is InChI=1S/C11H10BrN3S/c1-13-11-14-7-9(12)10(15-11)16-8-5-3-2-4-6-8/h2-7H,1H3,(H,13,14,15). The van der Waals surface area contributed by atoms with Gasteiger partial charge < -0.3 is 5.32 Å². The number of anilines is 1. The van der Waals surface area contributed by atoms with Gasteiger partial charge in [0, 0.05) is 18.1 Å². The van der Waals surface area contributed by atoms with Crippen LogP contribution in [-0.4, -0.2) is 17.0 Å². The van der Waals surface area contributed by atoms with Crippen molar-refractivity contribution in [2.75, 3.05) is 12.4 Å². The van der Waals surface area contributed by atoms with E-state index >= 15 is 0 Å². The van der Waals surface area contributed by atoms with Crippen molar-refractivity contribution in [1.82, 2.24) is 9.97 Å². The van der Waals surface area contributed by atoms with Gasteiger partial charge in [-0.15, -0.1) is 0 Å². The molecule has 5 heteroatoms. The van der Waals surface area contributed by atoms with Crippen molar-refractivity contribution in [3.05, 3.63) is 41.0 Å². The smallest absolute Gasteiger partial charge is 0.223 e. The van der Waals surface area contributed by atoms with Gasteiger partial charge in [0.2, 0.25) is 5.95 Å². The predicted octanol–water partition coefficient (Wildman–Crippen LogP) is 3.43. The molecule has 0 unspecified atom stereocenters. The van der Waals surface area contributed by atoms with Crippen LogP contribution >= 0.6 is 27.7 Å². The lowest BCUT2D eigenvalue weighted by Crippen LogP contribution is -1.96. The molecule has 1 aromatic heterocycles. The predicted molar refractivity (Wildman–Crippen MR) is 69.8 cm³/mol. The van der Waals surface area contributed by atoms with Gasteiger partial charge in [0.15, 0.2) is 0 Å². The molecule has 0 aliphatic carbocycles. The monoisotopic (exact) mass is 295 g/mol. The van der Waals surface area contributed by atoms with E-state index in [1.165, 1.54) is 0 Å². The third kappa shape index (κ3) is 2.74. The lowest BCUT2D eigenvalue weighted by atomic mass is 10.4. The average Bonchev–Trinajstić information content (AvgIpc) is 2.33. The van der Waals surface area contributed by atoms with E-state index in [-0.39, 0.29) is 0 Å². The number of halogens is 1. The largest absolute Gasteiger partial charge is 0.357 e. The Morgan fingerprint density at radius 2 is 2.00 bits per heavy atom. The van der Waals surface area contributed by atoms with Gasteiger partial charge in [-0.3, -0.25) is 0 Å². The summed E-state index contributed by atoms with van der Waals surface area (Å²) in [4.78, 5) is 9.65. The number of hydrogen-bond donors (Lipinski definition) is 1. The Morgan fingerprint density at radius 3 is 2.69 bits per heavy atom. The van der Waals surface area contributed by atoms with Crippen molar-refractivity contribution in [2.24, 2.45) is 0 Å². The van der Waals surface area contributed by atoms with E-state index in [1.54, 1.807) is 25.0 Å². The molecule has 0 bridgehead atoms. The third-order valence-electron chi connectivity index (χ3n) is 1.89. The zero-order valence-electron chi connectivity index (χ0n) is 8.64. The van der Waals surface area contributed by atoms with Gasteiger partial charge in [0.05, 0.1) is 4.47 Å². The molecule has 0 radical (unpaired) electrons. The van der Waals surface area contributed by atoms with E-state index in [0.717, 1.165) is 14.4 Å². The van der Waals surface area contributed by atoms with Gasteiger partial charge in [0.1, 0.15) is 5.03 Å². The highest BCUT2D eigenvalue weighted by atomic mass is 79.9. The Morgan fingerprint density at radius 1 is 1.25 bits per heavy atom. The maximum atomic E-state index is 4.38. The van der Waals surface area contributed by atoms with Crippen LogP contribution in [0.4, 0.5) is 5.95 Å². The molecule has 1 N–H and O–H groups in total. The molecule has 0 aliphatic heterocycles. The second kappa shape index (κ2) is 5.32. The van der Waals surface area contributed by atoms with E-state index in [2.05, 4.69) is 43.3 Å². The van der Waals surface area contributed by atoms with Crippen LogP contribution in [0.2, 0.25) is 0 Å². The molecule has 82 valence electrons. The number of rotatable bonds is 3. The van der Waals surface area contributed by atoms with Crippen LogP contribution in [0.15, 0.2) is 50.9 Å². The number of aromatic nitrogens is 2. The Hall–Kier alpha value is -1.07. The molecule has 16 heavy (non-hydrogen) atoms. The Kier molecular flexibility index (Phi) is 3.79. The molecule has 0 aliphatic rings. The fraction of sp³-hybridized carbons (Fsp3) is 0.0909. The third-order valence-corrected chi connectivity index (χ3v) is 3.75. The minimum atomic E-state index is 0.627. The number of benzene rings is 1. The summed E-state index contributed by atoms with van der Waals surface area (Å²) in [6.45, 7) is 0. The van der Waals surface area contributed by atoms with Crippen LogP contribution in [0.5, 0.6) is 0 Å². The fourth-order valence-corrected chi connectivity index (χ4v) is 2.38. The number of nitrogens with zero attached hydrogens (tertiary/aromatic N) is 2. The quantitative estimate of drug-likeness (QED) is 0.881. The first-order valence-corrected chi connectivity index (χ1v) is 6.34. The highest BCUT2D eigenvalue weighted by molar-refractivity contribution is 9.10. The van der Waals surface area contributed by atoms with E-state index in [4.69, 9.17) is 0 Å². The topological polar surface area (TPSA) is 37.8 Å². The van der Waals surface area contributed by atoms with Crippen molar-refractivity contribution in [2.45, 2.75) is 9.92 Å². The van der Waals surface area contributed by atoms with E-state index in [1.807, 2.05) is 18.2 Å². The van der Waals surface area contributed by atoms with Crippen molar-refractivity contribution < 1.29 is 0 Å². The molecular formula is C11H10BrN3S. The molecule has 0 fully saturated rings. The summed E-state index contributed by atoms with van der Waals surface area (Å²) < 4.78 is 0.903. The molecule has 0 saturated heterocycles. The summed E-state index contributed by atoms with van der Waals surface area (Å²) in [5.74, 6) is 0.627. The molecule has 1 aromatic carbocycles. The SMILES string of the molecule is CNc1ncc(Br)c(Sc2ccccc2)n1. The van der Waals surface area contributed by atoms with Crippen molar-refractivity contribution in [3.63, 3.8) is 0 Å². The van der Waals surface area contributed by atoms with Gasteiger partial charge in [-0.05, 0) is 28.1 Å². The first kappa shape index (κ1) is 11.4. The Labute approximate surface area is 107 Å². The summed E-state index contributed by atoms with van der Waals surface area (Å²) >= 11 is 5.05. The summed E-state index contributed by atoms with van der Waals surface area (Å²) in [6.07, 6.45) is 1.75. The van der Waals surface area contributed by atoms with Gasteiger partial charge in [-0.25, -0.2) is 9.97 Å². The van der Waals surface area contributed by atoms with E-state index in [0.29, 0.717) is 5.95 Å². The van der Waals surface area contributed by atoms with E-state index < -0.39 is 0 Å². The van der Waals surface area contributed by atoms with Crippen LogP contribution in [-0.2, 0) is 0 Å². The van der Waals surface area contributed by atoms with Crippen molar-refractivity contribution in [1.29, 1.82) is 0 Å². The second-order valence-electron chi connectivity index (χ2n) is 3.01. The number of nitrogens with one attached hydrogen (secondary N) is 1. The minimum absolute atomic E-state index is 0.627. The maximum absolute atomic E-state index is 4.38. The second-order valence-corrected chi connectivity index (χ2v) is 4.93. The molecule has 0 atom stereocenters. The van der Waals surface area contributed by atoms with Crippen LogP contribution < -0.4 is 5.32 Å². The minimum Gasteiger partial charge on any atom is -0.357 e. The molecule has 1 heterocycles. The summed E-state index contributed by atoms with van der Waals surface area (Å²) in [7, 11) is 1.81. The van der Waals surface area contributed by atoms with Crippen LogP contribution in [0.3, 0.4) is 0 Å². The lowest BCUT2D eigenvalue weighted by Gasteiger charge is -2.05. The lowest BCUT2D eigenvalue weighted by molar-refractivity contribution is 1.03. The summed E-state index contributed by atoms with van der Waals surface area (Å²) in [5.41, 5.74) is 0. The van der Waals surface area contributed by atoms with Crippen LogP contribution in [0.1, 0.15) is 0 Å². The summed E-state index contributed by atoms with van der Waals surface area (Å²) in [6, 6.07) is 10.1. The van der Waals surface area contributed by atoms with Crippen molar-refractivity contribution >= 4 is 33.6 Å². The molecule has 0 saturated carbocycles. The molecular weight excluding hydrogens is 286 g/mol. The molecule has 3 nitrogen and oxygen atoms in total. The zero-order valence-corrected chi connectivity index (χ0v) is 11.0. The molecule has 2 aromatic rings. The maximum Gasteiger partial charge on any atom is 0.223 e. The van der Waals surface area contributed by atoms with Gasteiger partial charge in [0.25, 0.3) is 0 Å². The highest BCUT2D eigenvalue weighted by Gasteiger charge is 2.05. The van der Waals surface area contributed by atoms with E-state index in [9.17, 15) is 0 Å². The number of hydrogen-bond acceptors (Lipinski definition) is 4. The first-order chi connectivity index (χ1) is 7.79. The Bertz CT molecular complexity index is 476. The Balaban J connectivity index is 2.27. The molecule has 0 spiro atoms. The highest BCUT2D eigenvalue weighted by Crippen LogP contribution is 2.31. The van der Waals surface area contributed by atoms with Crippen LogP contribution in [0.25, 0.3) is 0 Å². The molecule has 2 rings (SSSR count). The van der Waals surface area contributed by atoms with Gasteiger partial charge in [-0.1, -0.05) is 30.0 Å². The van der Waals surface area contributed by atoms with Gasteiger partial charge in [-0.2, -0.15) is 0 Å².